The van der Waals surface area contributed by atoms with Gasteiger partial charge in [-0.15, -0.1) is 0 Å². The van der Waals surface area contributed by atoms with E-state index in [0.717, 1.165) is 16.7 Å². The van der Waals surface area contributed by atoms with Crippen LogP contribution >= 0.6 is 11.8 Å². The molecule has 0 bridgehead atoms. The van der Waals surface area contributed by atoms with Gasteiger partial charge in [-0.05, 0) is 35.5 Å². The lowest BCUT2D eigenvalue weighted by atomic mass is 10.2. The lowest BCUT2D eigenvalue weighted by Gasteiger charge is -2.12. The maximum atomic E-state index is 12.8. The van der Waals surface area contributed by atoms with E-state index < -0.39 is 5.91 Å². The largest absolute Gasteiger partial charge is 0.355 e. The zero-order valence-corrected chi connectivity index (χ0v) is 12.1. The Morgan fingerprint density at radius 2 is 2.00 bits per heavy atom. The molecule has 21 heavy (non-hydrogen) atoms. The van der Waals surface area contributed by atoms with Crippen LogP contribution in [0.3, 0.4) is 0 Å². The molecule has 0 atom stereocenters. The van der Waals surface area contributed by atoms with Gasteiger partial charge in [0.15, 0.2) is 0 Å². The number of hydrogen-bond donors (Lipinski definition) is 1. The van der Waals surface area contributed by atoms with E-state index in [4.69, 9.17) is 0 Å². The number of thioether (sulfide) groups is 1. The molecule has 1 aromatic carbocycles. The molecule has 110 valence electrons. The van der Waals surface area contributed by atoms with Gasteiger partial charge < -0.3 is 5.32 Å². The third kappa shape index (κ3) is 3.91. The summed E-state index contributed by atoms with van der Waals surface area (Å²) in [5, 5.41) is 2.15. The third-order valence-corrected chi connectivity index (χ3v) is 3.66. The fraction of sp³-hybridized carbons (Fsp3) is 0.214. The molecule has 0 spiro atoms. The fourth-order valence-corrected chi connectivity index (χ4v) is 2.61. The van der Waals surface area contributed by atoms with Crippen molar-refractivity contribution >= 4 is 34.9 Å². The van der Waals surface area contributed by atoms with Crippen molar-refractivity contribution in [2.75, 3.05) is 13.1 Å². The van der Waals surface area contributed by atoms with Crippen molar-refractivity contribution in [3.05, 3.63) is 40.6 Å². The molecule has 1 aliphatic heterocycles. The lowest BCUT2D eigenvalue weighted by Crippen LogP contribution is -2.36. The molecule has 1 fully saturated rings. The second-order valence-electron chi connectivity index (χ2n) is 4.37. The molecule has 0 saturated carbocycles. The summed E-state index contributed by atoms with van der Waals surface area (Å²) in [6, 6.07) is 5.63. The van der Waals surface area contributed by atoms with E-state index in [1.807, 2.05) is 0 Å². The zero-order chi connectivity index (χ0) is 15.4. The summed E-state index contributed by atoms with van der Waals surface area (Å²) < 4.78 is 12.8. The molecule has 5 nitrogen and oxygen atoms in total. The van der Waals surface area contributed by atoms with E-state index in [0.29, 0.717) is 5.56 Å². The van der Waals surface area contributed by atoms with E-state index >= 15 is 0 Å². The molecule has 7 heteroatoms. The van der Waals surface area contributed by atoms with Crippen LogP contribution in [0.1, 0.15) is 12.5 Å². The van der Waals surface area contributed by atoms with Crippen molar-refractivity contribution in [3.8, 4) is 0 Å². The van der Waals surface area contributed by atoms with Gasteiger partial charge in [-0.1, -0.05) is 12.1 Å². The maximum absolute atomic E-state index is 12.8. The predicted octanol–water partition coefficient (Wildman–Crippen LogP) is 2.00. The quantitative estimate of drug-likeness (QED) is 0.864. The van der Waals surface area contributed by atoms with Crippen LogP contribution in [0.15, 0.2) is 29.2 Å². The Hall–Kier alpha value is -2.15. The highest BCUT2D eigenvalue weighted by molar-refractivity contribution is 8.18. The smallest absolute Gasteiger partial charge is 0.293 e. The van der Waals surface area contributed by atoms with Gasteiger partial charge in [-0.25, -0.2) is 4.39 Å². The minimum absolute atomic E-state index is 0.130. The van der Waals surface area contributed by atoms with E-state index in [1.165, 1.54) is 31.2 Å². The van der Waals surface area contributed by atoms with Gasteiger partial charge in [0, 0.05) is 20.0 Å². The average Bonchev–Trinajstić information content (AvgIpc) is 2.68. The topological polar surface area (TPSA) is 66.5 Å². The van der Waals surface area contributed by atoms with Gasteiger partial charge in [0.25, 0.3) is 11.1 Å². The zero-order valence-electron chi connectivity index (χ0n) is 11.3. The monoisotopic (exact) mass is 308 g/mol. The number of carbonyl (C=O) groups excluding carboxylic acids is 3. The Labute approximate surface area is 125 Å². The lowest BCUT2D eigenvalue weighted by molar-refractivity contribution is -0.123. The number of nitrogens with zero attached hydrogens (tertiary/aromatic N) is 1. The number of hydrogen-bond acceptors (Lipinski definition) is 4. The Morgan fingerprint density at radius 1 is 1.33 bits per heavy atom. The highest BCUT2D eigenvalue weighted by Crippen LogP contribution is 2.31. The first-order valence-electron chi connectivity index (χ1n) is 6.23. The van der Waals surface area contributed by atoms with E-state index in [2.05, 4.69) is 5.32 Å². The van der Waals surface area contributed by atoms with Crippen LogP contribution in [0.5, 0.6) is 0 Å². The molecular weight excluding hydrogens is 295 g/mol. The molecule has 1 saturated heterocycles. The van der Waals surface area contributed by atoms with Crippen LogP contribution in [0, 0.1) is 5.82 Å². The van der Waals surface area contributed by atoms with E-state index in [9.17, 15) is 18.8 Å². The molecule has 0 aliphatic carbocycles. The second-order valence-corrected chi connectivity index (χ2v) is 5.36. The van der Waals surface area contributed by atoms with Crippen LogP contribution in [-0.2, 0) is 9.59 Å². The van der Waals surface area contributed by atoms with Crippen LogP contribution in [0.4, 0.5) is 9.18 Å². The summed E-state index contributed by atoms with van der Waals surface area (Å²) >= 11 is 0.832. The first-order chi connectivity index (χ1) is 9.97. The van der Waals surface area contributed by atoms with E-state index in [1.54, 1.807) is 6.08 Å². The van der Waals surface area contributed by atoms with Gasteiger partial charge in [-0.3, -0.25) is 19.3 Å². The number of rotatable bonds is 4. The average molecular weight is 308 g/mol. The molecule has 0 radical (unpaired) electrons. The predicted molar refractivity (Wildman–Crippen MR) is 77.8 cm³/mol. The van der Waals surface area contributed by atoms with Crippen LogP contribution in [-0.4, -0.2) is 35.0 Å². The van der Waals surface area contributed by atoms with Crippen LogP contribution in [0.2, 0.25) is 0 Å². The van der Waals surface area contributed by atoms with Crippen molar-refractivity contribution in [2.45, 2.75) is 6.92 Å². The SMILES string of the molecule is CC(=O)NCCN1C(=O)S/C(=C\c2ccc(F)cc2)C1=O. The summed E-state index contributed by atoms with van der Waals surface area (Å²) in [4.78, 5) is 36.0. The number of imide groups is 1. The summed E-state index contributed by atoms with van der Waals surface area (Å²) in [6.07, 6.45) is 1.54. The van der Waals surface area contributed by atoms with Crippen molar-refractivity contribution < 1.29 is 18.8 Å². The van der Waals surface area contributed by atoms with Gasteiger partial charge in [0.05, 0.1) is 4.91 Å². The first kappa shape index (κ1) is 15.2. The number of benzene rings is 1. The standard InChI is InChI=1S/C14H13FN2O3S/c1-9(18)16-6-7-17-13(19)12(21-14(17)20)8-10-2-4-11(15)5-3-10/h2-5,8H,6-7H2,1H3,(H,16,18)/b12-8-. The Bertz CT molecular complexity index is 613. The molecule has 1 heterocycles. The normalized spacial score (nSPS) is 16.7. The molecule has 1 N–H and O–H groups in total. The van der Waals surface area contributed by atoms with Crippen LogP contribution < -0.4 is 5.32 Å². The third-order valence-electron chi connectivity index (χ3n) is 2.75. The molecule has 0 aromatic heterocycles. The molecular formula is C14H13FN2O3S. The first-order valence-corrected chi connectivity index (χ1v) is 7.04. The highest BCUT2D eigenvalue weighted by atomic mass is 32.2. The van der Waals surface area contributed by atoms with Crippen LogP contribution in [0.25, 0.3) is 6.08 Å². The molecule has 2 rings (SSSR count). The van der Waals surface area contributed by atoms with Crippen molar-refractivity contribution in [1.82, 2.24) is 10.2 Å². The molecule has 1 aliphatic rings. The number of nitrogens with one attached hydrogen (secondary N) is 1. The minimum Gasteiger partial charge on any atom is -0.355 e. The number of halogens is 1. The highest BCUT2D eigenvalue weighted by Gasteiger charge is 2.34. The minimum atomic E-state index is -0.403. The van der Waals surface area contributed by atoms with Crippen molar-refractivity contribution in [3.63, 3.8) is 0 Å². The fourth-order valence-electron chi connectivity index (χ4n) is 1.75. The van der Waals surface area contributed by atoms with Gasteiger partial charge >= 0.3 is 0 Å². The molecule has 1 aromatic rings. The van der Waals surface area contributed by atoms with Gasteiger partial charge in [0.1, 0.15) is 5.82 Å². The maximum Gasteiger partial charge on any atom is 0.293 e. The summed E-state index contributed by atoms with van der Waals surface area (Å²) in [6.45, 7) is 1.71. The summed E-state index contributed by atoms with van der Waals surface area (Å²) in [5.41, 5.74) is 0.642. The number of carbonyl (C=O) groups is 3. The number of amides is 3. The summed E-state index contributed by atoms with van der Waals surface area (Å²) in [5.74, 6) is -0.987. The Balaban J connectivity index is 2.06. The Kier molecular flexibility index (Phi) is 4.74. The van der Waals surface area contributed by atoms with Crippen molar-refractivity contribution in [1.29, 1.82) is 0 Å². The van der Waals surface area contributed by atoms with Gasteiger partial charge in [0.2, 0.25) is 5.91 Å². The van der Waals surface area contributed by atoms with Gasteiger partial charge in [-0.2, -0.15) is 0 Å². The van der Waals surface area contributed by atoms with E-state index in [-0.39, 0.29) is 35.0 Å². The van der Waals surface area contributed by atoms with Crippen molar-refractivity contribution in [2.24, 2.45) is 0 Å². The molecule has 0 unspecified atom stereocenters. The molecule has 3 amide bonds. The second kappa shape index (κ2) is 6.53. The summed E-state index contributed by atoms with van der Waals surface area (Å²) in [7, 11) is 0. The Morgan fingerprint density at radius 3 is 2.62 bits per heavy atom.